The lowest BCUT2D eigenvalue weighted by molar-refractivity contribution is 0.0697. The van der Waals surface area contributed by atoms with Gasteiger partial charge < -0.3 is 4.90 Å². The van der Waals surface area contributed by atoms with Crippen molar-refractivity contribution in [3.05, 3.63) is 59.2 Å². The summed E-state index contributed by atoms with van der Waals surface area (Å²) in [7, 11) is -3.77. The number of sulfonamides is 1. The van der Waals surface area contributed by atoms with Gasteiger partial charge in [-0.3, -0.25) is 9.52 Å². The minimum Gasteiger partial charge on any atom is -0.339 e. The fourth-order valence-electron chi connectivity index (χ4n) is 3.25. The smallest absolute Gasteiger partial charge is 0.262 e. The highest BCUT2D eigenvalue weighted by Gasteiger charge is 2.24. The quantitative estimate of drug-likeness (QED) is 0.864. The van der Waals surface area contributed by atoms with Crippen molar-refractivity contribution >= 4 is 21.6 Å². The molecule has 1 fully saturated rings. The molecule has 2 aromatic rings. The van der Waals surface area contributed by atoms with Gasteiger partial charge in [-0.1, -0.05) is 30.7 Å². The zero-order valence-electron chi connectivity index (χ0n) is 16.0. The van der Waals surface area contributed by atoms with Gasteiger partial charge in [-0.05, 0) is 62.4 Å². The molecule has 0 aromatic heterocycles. The molecule has 0 unspecified atom stereocenters. The Hall–Kier alpha value is -2.34. The molecule has 6 heteroatoms. The second kappa shape index (κ2) is 7.72. The van der Waals surface area contributed by atoms with Crippen LogP contribution in [-0.4, -0.2) is 32.3 Å². The van der Waals surface area contributed by atoms with E-state index in [1.54, 1.807) is 31.2 Å². The summed E-state index contributed by atoms with van der Waals surface area (Å²) in [5.74, 6) is 0.524. The van der Waals surface area contributed by atoms with E-state index in [1.807, 2.05) is 24.0 Å². The van der Waals surface area contributed by atoms with E-state index in [2.05, 4.69) is 11.6 Å². The first-order chi connectivity index (χ1) is 12.8. The second-order valence-corrected chi connectivity index (χ2v) is 9.08. The van der Waals surface area contributed by atoms with E-state index >= 15 is 0 Å². The molecule has 0 radical (unpaired) electrons. The lowest BCUT2D eigenvalue weighted by Crippen LogP contribution is -2.38. The molecule has 0 saturated carbocycles. The van der Waals surface area contributed by atoms with E-state index in [9.17, 15) is 13.2 Å². The van der Waals surface area contributed by atoms with E-state index in [0.717, 1.165) is 31.5 Å². The number of nitrogens with one attached hydrogen (secondary N) is 1. The van der Waals surface area contributed by atoms with Crippen LogP contribution >= 0.6 is 0 Å². The summed E-state index contributed by atoms with van der Waals surface area (Å²) in [4.78, 5) is 14.8. The molecular weight excluding hydrogens is 360 g/mol. The fourth-order valence-corrected chi connectivity index (χ4v) is 4.58. The predicted octanol–water partition coefficient (Wildman–Crippen LogP) is 3.98. The Labute approximate surface area is 161 Å². The van der Waals surface area contributed by atoms with E-state index in [0.29, 0.717) is 22.7 Å². The standard InChI is InChI=1S/C21H26N2O3S/c1-15-4-8-19(9-5-15)22-27(25,26)20-14-18(7-6-17(20)3)21(24)23-12-10-16(2)11-13-23/h4-9,14,16,22H,10-13H2,1-3H3. The molecule has 0 bridgehead atoms. The number of piperidine rings is 1. The van der Waals surface area contributed by atoms with Crippen LogP contribution < -0.4 is 4.72 Å². The largest absolute Gasteiger partial charge is 0.339 e. The number of carbonyl (C=O) groups is 1. The van der Waals surface area contributed by atoms with Crippen LogP contribution in [0.2, 0.25) is 0 Å². The van der Waals surface area contributed by atoms with Crippen molar-refractivity contribution in [3.63, 3.8) is 0 Å². The number of nitrogens with zero attached hydrogens (tertiary/aromatic N) is 1. The van der Waals surface area contributed by atoms with Crippen LogP contribution in [-0.2, 0) is 10.0 Å². The number of hydrogen-bond acceptors (Lipinski definition) is 3. The highest BCUT2D eigenvalue weighted by molar-refractivity contribution is 7.92. The number of amides is 1. The van der Waals surface area contributed by atoms with Gasteiger partial charge in [0.15, 0.2) is 0 Å². The number of aryl methyl sites for hydroxylation is 2. The summed E-state index contributed by atoms with van der Waals surface area (Å²) in [5.41, 5.74) is 2.58. The lowest BCUT2D eigenvalue weighted by atomic mass is 9.98. The number of likely N-dealkylation sites (tertiary alicyclic amines) is 1. The molecule has 1 amide bonds. The zero-order chi connectivity index (χ0) is 19.6. The lowest BCUT2D eigenvalue weighted by Gasteiger charge is -2.30. The van der Waals surface area contributed by atoms with Crippen molar-refractivity contribution in [1.29, 1.82) is 0 Å². The van der Waals surface area contributed by atoms with Gasteiger partial charge in [-0.2, -0.15) is 0 Å². The maximum absolute atomic E-state index is 12.9. The number of benzene rings is 2. The van der Waals surface area contributed by atoms with Gasteiger partial charge in [-0.15, -0.1) is 0 Å². The summed E-state index contributed by atoms with van der Waals surface area (Å²) < 4.78 is 28.3. The molecule has 1 heterocycles. The number of rotatable bonds is 4. The topological polar surface area (TPSA) is 66.5 Å². The summed E-state index contributed by atoms with van der Waals surface area (Å²) in [6.45, 7) is 7.31. The summed E-state index contributed by atoms with van der Waals surface area (Å²) in [5, 5.41) is 0. The molecule has 1 N–H and O–H groups in total. The molecule has 1 aliphatic rings. The van der Waals surface area contributed by atoms with Crippen molar-refractivity contribution in [2.24, 2.45) is 5.92 Å². The average Bonchev–Trinajstić information content (AvgIpc) is 2.64. The van der Waals surface area contributed by atoms with Crippen molar-refractivity contribution < 1.29 is 13.2 Å². The van der Waals surface area contributed by atoms with Gasteiger partial charge >= 0.3 is 0 Å². The van der Waals surface area contributed by atoms with E-state index < -0.39 is 10.0 Å². The van der Waals surface area contributed by atoms with Crippen molar-refractivity contribution in [1.82, 2.24) is 4.90 Å². The Bertz CT molecular complexity index is 928. The number of hydrogen-bond donors (Lipinski definition) is 1. The van der Waals surface area contributed by atoms with Gasteiger partial charge in [0.25, 0.3) is 15.9 Å². The Morgan fingerprint density at radius 3 is 2.30 bits per heavy atom. The first kappa shape index (κ1) is 19.4. The Kier molecular flexibility index (Phi) is 5.56. The first-order valence-corrected chi connectivity index (χ1v) is 10.7. The van der Waals surface area contributed by atoms with Crippen molar-refractivity contribution in [2.75, 3.05) is 17.8 Å². The van der Waals surface area contributed by atoms with Gasteiger partial charge in [0, 0.05) is 24.3 Å². The predicted molar refractivity (Wildman–Crippen MR) is 107 cm³/mol. The molecular formula is C21H26N2O3S. The Morgan fingerprint density at radius 1 is 1.04 bits per heavy atom. The average molecular weight is 387 g/mol. The monoisotopic (exact) mass is 386 g/mol. The van der Waals surface area contributed by atoms with Crippen LogP contribution in [0.3, 0.4) is 0 Å². The Morgan fingerprint density at radius 2 is 1.67 bits per heavy atom. The summed E-state index contributed by atoms with van der Waals surface area (Å²) in [6, 6.07) is 12.1. The van der Waals surface area contributed by atoms with Crippen LogP contribution in [0, 0.1) is 19.8 Å². The third-order valence-corrected chi connectivity index (χ3v) is 6.62. The summed E-state index contributed by atoms with van der Waals surface area (Å²) in [6.07, 6.45) is 1.97. The van der Waals surface area contributed by atoms with Crippen LogP contribution in [0.4, 0.5) is 5.69 Å². The maximum atomic E-state index is 12.9. The zero-order valence-corrected chi connectivity index (χ0v) is 16.8. The number of carbonyl (C=O) groups excluding carboxylic acids is 1. The van der Waals surface area contributed by atoms with Gasteiger partial charge in [0.2, 0.25) is 0 Å². The normalized spacial score (nSPS) is 15.6. The SMILES string of the molecule is Cc1ccc(NS(=O)(=O)c2cc(C(=O)N3CCC(C)CC3)ccc2C)cc1. The molecule has 0 spiro atoms. The Balaban J connectivity index is 1.86. The number of anilines is 1. The second-order valence-electron chi connectivity index (χ2n) is 7.43. The van der Waals surface area contributed by atoms with Gasteiger partial charge in [0.05, 0.1) is 4.90 Å². The first-order valence-electron chi connectivity index (χ1n) is 9.26. The van der Waals surface area contributed by atoms with Gasteiger partial charge in [-0.25, -0.2) is 8.42 Å². The van der Waals surface area contributed by atoms with E-state index in [-0.39, 0.29) is 10.8 Å². The molecule has 5 nitrogen and oxygen atoms in total. The van der Waals surface area contributed by atoms with Crippen LogP contribution in [0.25, 0.3) is 0 Å². The third kappa shape index (κ3) is 4.50. The van der Waals surface area contributed by atoms with Crippen LogP contribution in [0.15, 0.2) is 47.4 Å². The maximum Gasteiger partial charge on any atom is 0.262 e. The van der Waals surface area contributed by atoms with E-state index in [1.165, 1.54) is 6.07 Å². The molecule has 2 aromatic carbocycles. The highest BCUT2D eigenvalue weighted by atomic mass is 32.2. The molecule has 0 atom stereocenters. The third-order valence-electron chi connectivity index (χ3n) is 5.10. The minimum atomic E-state index is -3.77. The van der Waals surface area contributed by atoms with Gasteiger partial charge in [0.1, 0.15) is 0 Å². The van der Waals surface area contributed by atoms with E-state index in [4.69, 9.17) is 0 Å². The van der Waals surface area contributed by atoms with Crippen LogP contribution in [0.1, 0.15) is 41.3 Å². The molecule has 3 rings (SSSR count). The molecule has 144 valence electrons. The summed E-state index contributed by atoms with van der Waals surface area (Å²) >= 11 is 0. The molecule has 27 heavy (non-hydrogen) atoms. The van der Waals surface area contributed by atoms with Crippen molar-refractivity contribution in [2.45, 2.75) is 38.5 Å². The molecule has 1 aliphatic heterocycles. The fraction of sp³-hybridized carbons (Fsp3) is 0.381. The van der Waals surface area contributed by atoms with Crippen molar-refractivity contribution in [3.8, 4) is 0 Å². The minimum absolute atomic E-state index is 0.103. The molecule has 0 aliphatic carbocycles. The van der Waals surface area contributed by atoms with Crippen LogP contribution in [0.5, 0.6) is 0 Å². The molecule has 1 saturated heterocycles. The highest BCUT2D eigenvalue weighted by Crippen LogP contribution is 2.23.